The number of aryl methyl sites for hydroxylation is 2. The monoisotopic (exact) mass is 271 g/mol. The number of rotatable bonds is 3. The van der Waals surface area contributed by atoms with Crippen LogP contribution in [-0.2, 0) is 0 Å². The zero-order valence-corrected chi connectivity index (χ0v) is 12.8. The summed E-state index contributed by atoms with van der Waals surface area (Å²) in [5.74, 6) is 0.481. The van der Waals surface area contributed by atoms with Crippen LogP contribution in [-0.4, -0.2) is 34.4 Å². The standard InChI is InChI=1S/C16H21N3O/c1-10(2)9-19(5)16(20)13-6-7-14-15(8-13)18-12(4)11(3)17-14/h6-8,10H,9H2,1-5H3. The Kier molecular flexibility index (Phi) is 4.02. The van der Waals surface area contributed by atoms with Gasteiger partial charge >= 0.3 is 0 Å². The van der Waals surface area contributed by atoms with Crippen LogP contribution in [0.5, 0.6) is 0 Å². The van der Waals surface area contributed by atoms with E-state index in [-0.39, 0.29) is 5.91 Å². The summed E-state index contributed by atoms with van der Waals surface area (Å²) in [6.07, 6.45) is 0. The first-order valence-electron chi connectivity index (χ1n) is 6.89. The van der Waals surface area contributed by atoms with Crippen molar-refractivity contribution in [3.05, 3.63) is 35.2 Å². The number of amides is 1. The van der Waals surface area contributed by atoms with Gasteiger partial charge in [0.1, 0.15) is 0 Å². The first kappa shape index (κ1) is 14.4. The highest BCUT2D eigenvalue weighted by Crippen LogP contribution is 2.16. The number of carbonyl (C=O) groups is 1. The fourth-order valence-corrected chi connectivity index (χ4v) is 2.21. The summed E-state index contributed by atoms with van der Waals surface area (Å²) < 4.78 is 0. The summed E-state index contributed by atoms with van der Waals surface area (Å²) >= 11 is 0. The molecular weight excluding hydrogens is 250 g/mol. The molecule has 0 aliphatic heterocycles. The summed E-state index contributed by atoms with van der Waals surface area (Å²) in [5, 5.41) is 0. The van der Waals surface area contributed by atoms with Gasteiger partial charge < -0.3 is 4.90 Å². The summed E-state index contributed by atoms with van der Waals surface area (Å²) in [5.41, 5.74) is 4.09. The largest absolute Gasteiger partial charge is 0.341 e. The van der Waals surface area contributed by atoms with E-state index in [1.807, 2.05) is 39.1 Å². The van der Waals surface area contributed by atoms with Crippen LogP contribution in [0.4, 0.5) is 0 Å². The third kappa shape index (κ3) is 2.95. The lowest BCUT2D eigenvalue weighted by atomic mass is 10.1. The molecule has 2 rings (SSSR count). The lowest BCUT2D eigenvalue weighted by Crippen LogP contribution is -2.30. The maximum Gasteiger partial charge on any atom is 0.253 e. The van der Waals surface area contributed by atoms with Crippen molar-refractivity contribution >= 4 is 16.9 Å². The van der Waals surface area contributed by atoms with Gasteiger partial charge in [-0.15, -0.1) is 0 Å². The fraction of sp³-hybridized carbons (Fsp3) is 0.438. The van der Waals surface area contributed by atoms with E-state index in [0.29, 0.717) is 11.5 Å². The van der Waals surface area contributed by atoms with E-state index in [1.54, 1.807) is 4.90 Å². The zero-order valence-electron chi connectivity index (χ0n) is 12.8. The molecule has 0 unspecified atom stereocenters. The molecular formula is C16H21N3O. The van der Waals surface area contributed by atoms with E-state index in [9.17, 15) is 4.79 Å². The normalized spacial score (nSPS) is 11.1. The number of benzene rings is 1. The molecule has 0 spiro atoms. The molecule has 0 N–H and O–H groups in total. The second-order valence-electron chi connectivity index (χ2n) is 5.68. The van der Waals surface area contributed by atoms with Crippen LogP contribution in [0.3, 0.4) is 0 Å². The molecule has 106 valence electrons. The van der Waals surface area contributed by atoms with Crippen LogP contribution in [0.15, 0.2) is 18.2 Å². The van der Waals surface area contributed by atoms with Gasteiger partial charge in [0.05, 0.1) is 22.4 Å². The SMILES string of the molecule is Cc1nc2ccc(C(=O)N(C)CC(C)C)cc2nc1C. The first-order valence-corrected chi connectivity index (χ1v) is 6.89. The van der Waals surface area contributed by atoms with Crippen LogP contribution >= 0.6 is 0 Å². The van der Waals surface area contributed by atoms with E-state index >= 15 is 0 Å². The molecule has 1 amide bonds. The third-order valence-electron chi connectivity index (χ3n) is 3.31. The maximum absolute atomic E-state index is 12.4. The minimum atomic E-state index is 0.0284. The number of carbonyl (C=O) groups excluding carboxylic acids is 1. The minimum absolute atomic E-state index is 0.0284. The van der Waals surface area contributed by atoms with Crippen LogP contribution in [0, 0.1) is 19.8 Å². The molecule has 1 aromatic carbocycles. The number of hydrogen-bond acceptors (Lipinski definition) is 3. The van der Waals surface area contributed by atoms with E-state index in [0.717, 1.165) is 29.0 Å². The number of fused-ring (bicyclic) bond motifs is 1. The highest BCUT2D eigenvalue weighted by atomic mass is 16.2. The summed E-state index contributed by atoms with van der Waals surface area (Å²) in [6, 6.07) is 5.52. The zero-order chi connectivity index (χ0) is 14.9. The summed E-state index contributed by atoms with van der Waals surface area (Å²) in [4.78, 5) is 23.1. The van der Waals surface area contributed by atoms with Crippen molar-refractivity contribution in [3.8, 4) is 0 Å². The predicted octanol–water partition coefficient (Wildman–Crippen LogP) is 2.97. The molecule has 0 radical (unpaired) electrons. The average molecular weight is 271 g/mol. The summed E-state index contributed by atoms with van der Waals surface area (Å²) in [6.45, 7) is 8.82. The Labute approximate surface area is 119 Å². The van der Waals surface area contributed by atoms with E-state index in [4.69, 9.17) is 0 Å². The lowest BCUT2D eigenvalue weighted by molar-refractivity contribution is 0.0779. The minimum Gasteiger partial charge on any atom is -0.341 e. The van der Waals surface area contributed by atoms with Gasteiger partial charge in [-0.25, -0.2) is 9.97 Å². The topological polar surface area (TPSA) is 46.1 Å². The second kappa shape index (κ2) is 5.57. The van der Waals surface area contributed by atoms with Crippen molar-refractivity contribution in [2.24, 2.45) is 5.92 Å². The maximum atomic E-state index is 12.4. The highest BCUT2D eigenvalue weighted by molar-refractivity contribution is 5.97. The van der Waals surface area contributed by atoms with Crippen LogP contribution in [0.2, 0.25) is 0 Å². The Bertz CT molecular complexity index is 649. The van der Waals surface area contributed by atoms with E-state index in [1.165, 1.54) is 0 Å². The number of aromatic nitrogens is 2. The third-order valence-corrected chi connectivity index (χ3v) is 3.31. The Hall–Kier alpha value is -1.97. The molecule has 4 nitrogen and oxygen atoms in total. The number of hydrogen-bond donors (Lipinski definition) is 0. The highest BCUT2D eigenvalue weighted by Gasteiger charge is 2.14. The van der Waals surface area contributed by atoms with E-state index < -0.39 is 0 Å². The molecule has 0 aliphatic rings. The second-order valence-corrected chi connectivity index (χ2v) is 5.68. The molecule has 0 saturated heterocycles. The van der Waals surface area contributed by atoms with Crippen molar-refractivity contribution in [2.45, 2.75) is 27.7 Å². The molecule has 1 heterocycles. The van der Waals surface area contributed by atoms with Gasteiger partial charge in [0.2, 0.25) is 0 Å². The Morgan fingerprint density at radius 1 is 1.15 bits per heavy atom. The first-order chi connectivity index (χ1) is 9.38. The lowest BCUT2D eigenvalue weighted by Gasteiger charge is -2.19. The molecule has 20 heavy (non-hydrogen) atoms. The molecule has 4 heteroatoms. The molecule has 0 fully saturated rings. The number of nitrogens with zero attached hydrogens (tertiary/aromatic N) is 3. The van der Waals surface area contributed by atoms with Crippen molar-refractivity contribution in [1.82, 2.24) is 14.9 Å². The summed E-state index contributed by atoms with van der Waals surface area (Å²) in [7, 11) is 1.83. The average Bonchev–Trinajstić information content (AvgIpc) is 2.38. The van der Waals surface area contributed by atoms with Crippen molar-refractivity contribution in [2.75, 3.05) is 13.6 Å². The van der Waals surface area contributed by atoms with Crippen LogP contribution in [0.1, 0.15) is 35.6 Å². The molecule has 0 bridgehead atoms. The van der Waals surface area contributed by atoms with Crippen molar-refractivity contribution < 1.29 is 4.79 Å². The smallest absolute Gasteiger partial charge is 0.253 e. The molecule has 0 aliphatic carbocycles. The van der Waals surface area contributed by atoms with E-state index in [2.05, 4.69) is 23.8 Å². The van der Waals surface area contributed by atoms with Crippen molar-refractivity contribution in [3.63, 3.8) is 0 Å². The Morgan fingerprint density at radius 2 is 1.75 bits per heavy atom. The quantitative estimate of drug-likeness (QED) is 0.862. The molecule has 1 aromatic heterocycles. The van der Waals surface area contributed by atoms with Crippen LogP contribution < -0.4 is 0 Å². The van der Waals surface area contributed by atoms with Crippen LogP contribution in [0.25, 0.3) is 11.0 Å². The van der Waals surface area contributed by atoms with Gasteiger partial charge in [0.25, 0.3) is 5.91 Å². The van der Waals surface area contributed by atoms with Gasteiger partial charge in [0.15, 0.2) is 0 Å². The van der Waals surface area contributed by atoms with Gasteiger partial charge in [0, 0.05) is 19.2 Å². The molecule has 0 saturated carbocycles. The predicted molar refractivity (Wildman–Crippen MR) is 80.8 cm³/mol. The van der Waals surface area contributed by atoms with Gasteiger partial charge in [-0.05, 0) is 38.0 Å². The van der Waals surface area contributed by atoms with Gasteiger partial charge in [-0.1, -0.05) is 13.8 Å². The Balaban J connectivity index is 2.36. The Morgan fingerprint density at radius 3 is 2.35 bits per heavy atom. The molecule has 2 aromatic rings. The van der Waals surface area contributed by atoms with Gasteiger partial charge in [-0.2, -0.15) is 0 Å². The molecule has 0 atom stereocenters. The fourth-order valence-electron chi connectivity index (χ4n) is 2.21. The van der Waals surface area contributed by atoms with Gasteiger partial charge in [-0.3, -0.25) is 4.79 Å². The van der Waals surface area contributed by atoms with Crippen molar-refractivity contribution in [1.29, 1.82) is 0 Å².